The molecule has 1 amide bonds. The van der Waals surface area contributed by atoms with Gasteiger partial charge in [-0.2, -0.15) is 0 Å². The maximum atomic E-state index is 12.8. The number of rotatable bonds is 5. The maximum absolute atomic E-state index is 12.8. The molecule has 8 nitrogen and oxygen atoms in total. The van der Waals surface area contributed by atoms with Crippen LogP contribution in [0.1, 0.15) is 18.5 Å². The zero-order valence-electron chi connectivity index (χ0n) is 15.2. The van der Waals surface area contributed by atoms with Gasteiger partial charge in [0.2, 0.25) is 15.8 Å². The van der Waals surface area contributed by atoms with Crippen molar-refractivity contribution < 1.29 is 27.5 Å². The fourth-order valence-electron chi connectivity index (χ4n) is 3.21. The quantitative estimate of drug-likeness (QED) is 0.433. The van der Waals surface area contributed by atoms with Crippen LogP contribution in [0.5, 0.6) is 0 Å². The van der Waals surface area contributed by atoms with Gasteiger partial charge < -0.3 is 4.74 Å². The molecular formula is C19H17ClN2O6S. The van der Waals surface area contributed by atoms with Crippen LogP contribution in [0.2, 0.25) is 5.02 Å². The summed E-state index contributed by atoms with van der Waals surface area (Å²) in [4.78, 5) is 38.9. The highest BCUT2D eigenvalue weighted by molar-refractivity contribution is 7.89. The fourth-order valence-corrected chi connectivity index (χ4v) is 3.86. The molecule has 2 aromatic rings. The van der Waals surface area contributed by atoms with E-state index in [0.29, 0.717) is 10.6 Å². The lowest BCUT2D eigenvalue weighted by molar-refractivity contribution is -0.152. The van der Waals surface area contributed by atoms with Crippen molar-refractivity contribution >= 4 is 45.0 Å². The molecule has 3 rings (SSSR count). The highest BCUT2D eigenvalue weighted by atomic mass is 35.5. The van der Waals surface area contributed by atoms with Crippen LogP contribution >= 0.6 is 11.6 Å². The highest BCUT2D eigenvalue weighted by Gasteiger charge is 2.53. The molecule has 1 fully saturated rings. The van der Waals surface area contributed by atoms with Crippen LogP contribution in [-0.2, 0) is 29.1 Å². The Labute approximate surface area is 172 Å². The Kier molecular flexibility index (Phi) is 5.74. The molecule has 2 aromatic carbocycles. The van der Waals surface area contributed by atoms with Gasteiger partial charge in [-0.15, -0.1) is 0 Å². The Morgan fingerprint density at radius 3 is 2.21 bits per heavy atom. The molecule has 152 valence electrons. The van der Waals surface area contributed by atoms with E-state index in [0.717, 1.165) is 4.90 Å². The maximum Gasteiger partial charge on any atom is 0.319 e. The second kappa shape index (κ2) is 7.94. The third-order valence-electron chi connectivity index (χ3n) is 4.50. The largest absolute Gasteiger partial charge is 0.465 e. The molecule has 0 unspecified atom stereocenters. The topological polar surface area (TPSA) is 124 Å². The number of ketones is 1. The summed E-state index contributed by atoms with van der Waals surface area (Å²) >= 11 is 5.93. The number of primary sulfonamides is 1. The van der Waals surface area contributed by atoms with Crippen LogP contribution in [0.4, 0.5) is 5.69 Å². The first-order valence-corrected chi connectivity index (χ1v) is 10.5. The number of sulfonamides is 1. The molecule has 1 saturated heterocycles. The second-order valence-corrected chi connectivity index (χ2v) is 8.30. The molecule has 2 atom stereocenters. The summed E-state index contributed by atoms with van der Waals surface area (Å²) < 4.78 is 28.0. The van der Waals surface area contributed by atoms with E-state index in [1.165, 1.54) is 24.3 Å². The lowest BCUT2D eigenvalue weighted by Crippen LogP contribution is -2.31. The molecule has 0 aromatic heterocycles. The molecular weight excluding hydrogens is 420 g/mol. The molecule has 0 saturated carbocycles. The van der Waals surface area contributed by atoms with Crippen molar-refractivity contribution in [2.75, 3.05) is 11.5 Å². The van der Waals surface area contributed by atoms with Crippen LogP contribution in [-0.4, -0.2) is 32.7 Å². The SMILES string of the molecule is CCOC(=O)[C@H]1C(=O)C(=O)N(c2ccc(S(N)(=O)=O)cc2)[C@@H]1c1ccc(Cl)cc1. The van der Waals surface area contributed by atoms with Crippen LogP contribution in [0, 0.1) is 5.92 Å². The minimum atomic E-state index is -3.93. The molecule has 1 aliphatic rings. The van der Waals surface area contributed by atoms with Crippen molar-refractivity contribution in [1.29, 1.82) is 0 Å². The number of esters is 1. The first kappa shape index (κ1) is 21.0. The fraction of sp³-hybridized carbons (Fsp3) is 0.211. The molecule has 0 bridgehead atoms. The summed E-state index contributed by atoms with van der Waals surface area (Å²) in [7, 11) is -3.93. The van der Waals surface area contributed by atoms with Crippen molar-refractivity contribution in [1.82, 2.24) is 0 Å². The van der Waals surface area contributed by atoms with E-state index < -0.39 is 39.6 Å². The predicted molar refractivity (Wildman–Crippen MR) is 105 cm³/mol. The Bertz CT molecular complexity index is 1070. The van der Waals surface area contributed by atoms with E-state index in [1.807, 2.05) is 0 Å². The van der Waals surface area contributed by atoms with E-state index in [1.54, 1.807) is 31.2 Å². The van der Waals surface area contributed by atoms with Gasteiger partial charge in [0.15, 0.2) is 0 Å². The molecule has 2 N–H and O–H groups in total. The zero-order valence-corrected chi connectivity index (χ0v) is 16.8. The standard InChI is InChI=1S/C19H17ClN2O6S/c1-2-28-19(25)15-16(11-3-5-12(20)6-4-11)22(18(24)17(15)23)13-7-9-14(10-8-13)29(21,26)27/h3-10,15-16H,2H2,1H3,(H2,21,26,27)/t15-,16-/m1/s1. The number of nitrogens with two attached hydrogens (primary N) is 1. The summed E-state index contributed by atoms with van der Waals surface area (Å²) in [5, 5.41) is 5.55. The van der Waals surface area contributed by atoms with Crippen molar-refractivity contribution in [3.8, 4) is 0 Å². The van der Waals surface area contributed by atoms with Crippen LogP contribution in [0.3, 0.4) is 0 Å². The van der Waals surface area contributed by atoms with Crippen molar-refractivity contribution in [2.45, 2.75) is 17.9 Å². The van der Waals surface area contributed by atoms with Gasteiger partial charge >= 0.3 is 5.97 Å². The number of ether oxygens (including phenoxy) is 1. The number of Topliss-reactive ketones (excluding diaryl/α,β-unsaturated/α-hetero) is 1. The van der Waals surface area contributed by atoms with Crippen LogP contribution in [0.15, 0.2) is 53.4 Å². The first-order valence-electron chi connectivity index (χ1n) is 8.57. The molecule has 29 heavy (non-hydrogen) atoms. The zero-order chi connectivity index (χ0) is 21.3. The van der Waals surface area contributed by atoms with E-state index in [-0.39, 0.29) is 17.2 Å². The Balaban J connectivity index is 2.12. The Morgan fingerprint density at radius 2 is 1.69 bits per heavy atom. The van der Waals surface area contributed by atoms with Crippen molar-refractivity contribution in [3.05, 3.63) is 59.1 Å². The second-order valence-electron chi connectivity index (χ2n) is 6.30. The number of carbonyl (C=O) groups excluding carboxylic acids is 3. The lowest BCUT2D eigenvalue weighted by Gasteiger charge is -2.27. The Morgan fingerprint density at radius 1 is 1.10 bits per heavy atom. The highest BCUT2D eigenvalue weighted by Crippen LogP contribution is 2.40. The minimum absolute atomic E-state index is 0.0488. The summed E-state index contributed by atoms with van der Waals surface area (Å²) in [6, 6.07) is 10.5. The van der Waals surface area contributed by atoms with Gasteiger partial charge in [-0.25, -0.2) is 13.6 Å². The van der Waals surface area contributed by atoms with Gasteiger partial charge in [0.1, 0.15) is 5.92 Å². The lowest BCUT2D eigenvalue weighted by atomic mass is 9.92. The monoisotopic (exact) mass is 436 g/mol. The Hall–Kier alpha value is -2.75. The number of anilines is 1. The van der Waals surface area contributed by atoms with E-state index in [4.69, 9.17) is 21.5 Å². The van der Waals surface area contributed by atoms with Gasteiger partial charge in [0.05, 0.1) is 17.5 Å². The first-order chi connectivity index (χ1) is 13.6. The summed E-state index contributed by atoms with van der Waals surface area (Å²) in [5.41, 5.74) is 0.740. The third kappa shape index (κ3) is 4.02. The summed E-state index contributed by atoms with van der Waals surface area (Å²) in [6.07, 6.45) is 0. The molecule has 1 heterocycles. The van der Waals surface area contributed by atoms with E-state index in [9.17, 15) is 22.8 Å². The van der Waals surface area contributed by atoms with Crippen molar-refractivity contribution in [2.24, 2.45) is 11.1 Å². The molecule has 1 aliphatic heterocycles. The van der Waals surface area contributed by atoms with E-state index >= 15 is 0 Å². The van der Waals surface area contributed by atoms with E-state index in [2.05, 4.69) is 0 Å². The predicted octanol–water partition coefficient (Wildman–Crippen LogP) is 1.82. The van der Waals surface area contributed by atoms with Gasteiger partial charge in [0, 0.05) is 10.7 Å². The van der Waals surface area contributed by atoms with Crippen molar-refractivity contribution in [3.63, 3.8) is 0 Å². The van der Waals surface area contributed by atoms with Gasteiger partial charge in [0.25, 0.3) is 5.91 Å². The number of hydrogen-bond acceptors (Lipinski definition) is 6. The molecule has 0 spiro atoms. The number of nitrogens with zero attached hydrogens (tertiary/aromatic N) is 1. The van der Waals surface area contributed by atoms with Gasteiger partial charge in [-0.05, 0) is 48.9 Å². The van der Waals surface area contributed by atoms with Crippen LogP contribution < -0.4 is 10.0 Å². The van der Waals surface area contributed by atoms with Gasteiger partial charge in [-0.3, -0.25) is 19.3 Å². The smallest absolute Gasteiger partial charge is 0.319 e. The minimum Gasteiger partial charge on any atom is -0.465 e. The average molecular weight is 437 g/mol. The number of benzene rings is 2. The normalized spacial score (nSPS) is 19.5. The third-order valence-corrected chi connectivity index (χ3v) is 5.68. The number of hydrogen-bond donors (Lipinski definition) is 1. The molecule has 10 heteroatoms. The molecule has 0 radical (unpaired) electrons. The molecule has 0 aliphatic carbocycles. The number of halogens is 1. The van der Waals surface area contributed by atoms with Gasteiger partial charge in [-0.1, -0.05) is 23.7 Å². The summed E-state index contributed by atoms with van der Waals surface area (Å²) in [5.74, 6) is -3.97. The summed E-state index contributed by atoms with van der Waals surface area (Å²) in [6.45, 7) is 1.65. The number of carbonyl (C=O) groups is 3. The van der Waals surface area contributed by atoms with Crippen LogP contribution in [0.25, 0.3) is 0 Å². The average Bonchev–Trinajstić information content (AvgIpc) is 2.93. The number of amides is 1.